The molecule has 9 heteroatoms. The smallest absolute Gasteiger partial charge is 0.410 e. The van der Waals surface area contributed by atoms with Crippen molar-refractivity contribution in [1.82, 2.24) is 14.5 Å². The first-order chi connectivity index (χ1) is 13.6. The SMILES string of the molecule is COC(=O)c1cc(Cl)ccc1OCc1nccn1CCN(C)C(=O)OC(C)(C)C. The summed E-state index contributed by atoms with van der Waals surface area (Å²) in [6, 6.07) is 4.73. The van der Waals surface area contributed by atoms with Gasteiger partial charge in [-0.1, -0.05) is 11.6 Å². The zero-order valence-electron chi connectivity index (χ0n) is 17.3. The van der Waals surface area contributed by atoms with Crippen molar-refractivity contribution >= 4 is 23.7 Å². The maximum Gasteiger partial charge on any atom is 0.410 e. The number of nitrogens with zero attached hydrogens (tertiary/aromatic N) is 3. The lowest BCUT2D eigenvalue weighted by molar-refractivity contribution is 0.0292. The van der Waals surface area contributed by atoms with Crippen molar-refractivity contribution in [1.29, 1.82) is 0 Å². The standard InChI is InChI=1S/C20H26ClN3O5/c1-20(2,3)29-19(26)23(4)10-11-24-9-8-22-17(24)13-28-16-7-6-14(21)12-15(16)18(25)27-5/h6-9,12H,10-11,13H2,1-5H3. The number of hydrogen-bond acceptors (Lipinski definition) is 6. The maximum atomic E-state index is 12.1. The molecule has 0 aliphatic carbocycles. The fourth-order valence-corrected chi connectivity index (χ4v) is 2.58. The number of methoxy groups -OCH3 is 1. The normalized spacial score (nSPS) is 11.1. The van der Waals surface area contributed by atoms with Gasteiger partial charge in [0.05, 0.1) is 7.11 Å². The highest BCUT2D eigenvalue weighted by atomic mass is 35.5. The van der Waals surface area contributed by atoms with Crippen LogP contribution in [0.2, 0.25) is 5.02 Å². The van der Waals surface area contributed by atoms with Crippen LogP contribution >= 0.6 is 11.6 Å². The van der Waals surface area contributed by atoms with Gasteiger partial charge in [-0.25, -0.2) is 14.6 Å². The molecule has 0 atom stereocenters. The van der Waals surface area contributed by atoms with Crippen LogP contribution in [0, 0.1) is 0 Å². The molecular formula is C20H26ClN3O5. The summed E-state index contributed by atoms with van der Waals surface area (Å²) >= 11 is 5.96. The summed E-state index contributed by atoms with van der Waals surface area (Å²) < 4.78 is 17.8. The summed E-state index contributed by atoms with van der Waals surface area (Å²) in [5, 5.41) is 0.407. The molecule has 0 fully saturated rings. The molecule has 8 nitrogen and oxygen atoms in total. The molecule has 1 heterocycles. The summed E-state index contributed by atoms with van der Waals surface area (Å²) in [4.78, 5) is 29.8. The Bertz CT molecular complexity index is 860. The molecule has 1 aromatic carbocycles. The average molecular weight is 424 g/mol. The van der Waals surface area contributed by atoms with Crippen LogP contribution in [0.3, 0.4) is 0 Å². The maximum absolute atomic E-state index is 12.1. The number of amides is 1. The highest BCUT2D eigenvalue weighted by molar-refractivity contribution is 6.31. The molecule has 0 unspecified atom stereocenters. The van der Waals surface area contributed by atoms with Gasteiger partial charge in [0.15, 0.2) is 0 Å². The second-order valence-electron chi connectivity index (χ2n) is 7.36. The number of halogens is 1. The van der Waals surface area contributed by atoms with Crippen molar-refractivity contribution in [2.24, 2.45) is 0 Å². The van der Waals surface area contributed by atoms with Crippen LogP contribution in [0.25, 0.3) is 0 Å². The second-order valence-corrected chi connectivity index (χ2v) is 7.80. The van der Waals surface area contributed by atoms with Gasteiger partial charge in [0.2, 0.25) is 0 Å². The minimum Gasteiger partial charge on any atom is -0.485 e. The third-order valence-corrected chi connectivity index (χ3v) is 4.12. The number of carbonyl (C=O) groups is 2. The largest absolute Gasteiger partial charge is 0.485 e. The topological polar surface area (TPSA) is 82.9 Å². The van der Waals surface area contributed by atoms with Gasteiger partial charge in [-0.05, 0) is 39.0 Å². The summed E-state index contributed by atoms with van der Waals surface area (Å²) in [7, 11) is 2.97. The van der Waals surface area contributed by atoms with Crippen molar-refractivity contribution in [3.8, 4) is 5.75 Å². The van der Waals surface area contributed by atoms with E-state index in [1.165, 1.54) is 18.1 Å². The number of hydrogen-bond donors (Lipinski definition) is 0. The van der Waals surface area contributed by atoms with Gasteiger partial charge in [-0.3, -0.25) is 0 Å². The third kappa shape index (κ3) is 6.67. The first-order valence-corrected chi connectivity index (χ1v) is 9.43. The van der Waals surface area contributed by atoms with Crippen LogP contribution in [-0.2, 0) is 22.6 Å². The van der Waals surface area contributed by atoms with Crippen LogP contribution in [0.4, 0.5) is 4.79 Å². The Morgan fingerprint density at radius 2 is 2.00 bits per heavy atom. The Kier molecular flexibility index (Phi) is 7.50. The molecule has 0 saturated heterocycles. The van der Waals surface area contributed by atoms with Gasteiger partial charge in [0.1, 0.15) is 29.3 Å². The molecule has 29 heavy (non-hydrogen) atoms. The van der Waals surface area contributed by atoms with Gasteiger partial charge < -0.3 is 23.7 Å². The number of ether oxygens (including phenoxy) is 3. The molecule has 1 aromatic heterocycles. The van der Waals surface area contributed by atoms with Crippen LogP contribution < -0.4 is 4.74 Å². The monoisotopic (exact) mass is 423 g/mol. The molecule has 0 radical (unpaired) electrons. The van der Waals surface area contributed by atoms with Gasteiger partial charge in [-0.15, -0.1) is 0 Å². The first-order valence-electron chi connectivity index (χ1n) is 9.05. The minimum absolute atomic E-state index is 0.134. The number of carbonyl (C=O) groups excluding carboxylic acids is 2. The van der Waals surface area contributed by atoms with E-state index in [1.807, 2.05) is 25.3 Å². The number of rotatable bonds is 7. The molecule has 0 aliphatic heterocycles. The highest BCUT2D eigenvalue weighted by Crippen LogP contribution is 2.24. The van der Waals surface area contributed by atoms with E-state index in [0.29, 0.717) is 29.7 Å². The molecule has 2 aromatic rings. The Hall–Kier alpha value is -2.74. The Morgan fingerprint density at radius 1 is 1.28 bits per heavy atom. The van der Waals surface area contributed by atoms with Crippen molar-refractivity contribution in [3.63, 3.8) is 0 Å². The molecular weight excluding hydrogens is 398 g/mol. The van der Waals surface area contributed by atoms with Gasteiger partial charge >= 0.3 is 12.1 Å². The van der Waals surface area contributed by atoms with Crippen molar-refractivity contribution in [2.45, 2.75) is 39.5 Å². The molecule has 0 aliphatic rings. The Morgan fingerprint density at radius 3 is 2.66 bits per heavy atom. The van der Waals surface area contributed by atoms with Crippen molar-refractivity contribution in [3.05, 3.63) is 47.0 Å². The quantitative estimate of drug-likeness (QED) is 0.630. The zero-order chi connectivity index (χ0) is 21.6. The lowest BCUT2D eigenvalue weighted by atomic mass is 10.2. The van der Waals surface area contributed by atoms with E-state index < -0.39 is 11.6 Å². The number of benzene rings is 1. The van der Waals surface area contributed by atoms with E-state index in [2.05, 4.69) is 4.98 Å². The summed E-state index contributed by atoms with van der Waals surface area (Å²) in [5.41, 5.74) is -0.308. The third-order valence-electron chi connectivity index (χ3n) is 3.89. The van der Waals surface area contributed by atoms with E-state index in [-0.39, 0.29) is 18.3 Å². The van der Waals surface area contributed by atoms with Gasteiger partial charge in [0.25, 0.3) is 0 Å². The number of likely N-dealkylation sites (N-methyl/N-ethyl adjacent to an activating group) is 1. The first kappa shape index (κ1) is 22.5. The van der Waals surface area contributed by atoms with Crippen LogP contribution in [-0.4, -0.2) is 52.8 Å². The van der Waals surface area contributed by atoms with E-state index in [0.717, 1.165) is 0 Å². The number of imidazole rings is 1. The molecule has 158 valence electrons. The van der Waals surface area contributed by atoms with Crippen molar-refractivity contribution < 1.29 is 23.8 Å². The lowest BCUT2D eigenvalue weighted by Crippen LogP contribution is -2.36. The molecule has 0 bridgehead atoms. The van der Waals surface area contributed by atoms with Crippen LogP contribution in [0.5, 0.6) is 5.75 Å². The zero-order valence-corrected chi connectivity index (χ0v) is 18.0. The summed E-state index contributed by atoms with van der Waals surface area (Å²) in [6.45, 7) is 6.55. The number of aromatic nitrogens is 2. The van der Waals surface area contributed by atoms with E-state index in [4.69, 9.17) is 25.8 Å². The summed E-state index contributed by atoms with van der Waals surface area (Å²) in [5.74, 6) is 0.458. The molecule has 2 rings (SSSR count). The minimum atomic E-state index is -0.546. The Balaban J connectivity index is 2.00. The molecule has 0 spiro atoms. The molecule has 0 N–H and O–H groups in total. The fraction of sp³-hybridized carbons (Fsp3) is 0.450. The van der Waals surface area contributed by atoms with Crippen LogP contribution in [0.1, 0.15) is 37.0 Å². The van der Waals surface area contributed by atoms with E-state index in [9.17, 15) is 9.59 Å². The summed E-state index contributed by atoms with van der Waals surface area (Å²) in [6.07, 6.45) is 3.05. The second kappa shape index (κ2) is 9.65. The number of esters is 1. The van der Waals surface area contributed by atoms with E-state index in [1.54, 1.807) is 31.6 Å². The Labute approximate surface area is 175 Å². The lowest BCUT2D eigenvalue weighted by Gasteiger charge is -2.24. The highest BCUT2D eigenvalue weighted by Gasteiger charge is 2.20. The molecule has 0 saturated carbocycles. The van der Waals surface area contributed by atoms with Gasteiger partial charge in [0, 0.05) is 37.6 Å². The predicted octanol–water partition coefficient (Wildman–Crippen LogP) is 3.77. The van der Waals surface area contributed by atoms with Crippen molar-refractivity contribution in [2.75, 3.05) is 20.7 Å². The fourth-order valence-electron chi connectivity index (χ4n) is 2.41. The van der Waals surface area contributed by atoms with Gasteiger partial charge in [-0.2, -0.15) is 0 Å². The average Bonchev–Trinajstić information content (AvgIpc) is 3.10. The predicted molar refractivity (Wildman–Crippen MR) is 108 cm³/mol. The molecule has 1 amide bonds. The van der Waals surface area contributed by atoms with Crippen LogP contribution in [0.15, 0.2) is 30.6 Å². The van der Waals surface area contributed by atoms with E-state index >= 15 is 0 Å².